The lowest BCUT2D eigenvalue weighted by atomic mass is 9.99. The van der Waals surface area contributed by atoms with Crippen LogP contribution in [0.5, 0.6) is 0 Å². The molecule has 1 N–H and O–H groups in total. The third kappa shape index (κ3) is 4.35. The SMILES string of the molecule is N#C/C(=C(/O)c1ccccc1CC(Cl)C#N)c1nc(-c2ccc(Cl)cc2)cs1. The average Bonchev–Trinajstić information content (AvgIpc) is 3.19. The summed E-state index contributed by atoms with van der Waals surface area (Å²) in [5, 5.41) is 31.5. The largest absolute Gasteiger partial charge is 0.506 e. The van der Waals surface area contributed by atoms with Crippen LogP contribution in [0.25, 0.3) is 22.6 Å². The number of nitriles is 2. The summed E-state index contributed by atoms with van der Waals surface area (Å²) >= 11 is 13.1. The highest BCUT2D eigenvalue weighted by Crippen LogP contribution is 2.31. The molecule has 0 aliphatic rings. The van der Waals surface area contributed by atoms with Crippen molar-refractivity contribution in [3.63, 3.8) is 0 Å². The van der Waals surface area contributed by atoms with Crippen molar-refractivity contribution in [3.05, 3.63) is 75.1 Å². The van der Waals surface area contributed by atoms with Crippen molar-refractivity contribution < 1.29 is 5.11 Å². The molecule has 2 aromatic carbocycles. The van der Waals surface area contributed by atoms with Crippen molar-refractivity contribution in [1.29, 1.82) is 10.5 Å². The van der Waals surface area contributed by atoms with E-state index < -0.39 is 5.38 Å². The molecule has 0 radical (unpaired) electrons. The van der Waals surface area contributed by atoms with Crippen LogP contribution in [0.3, 0.4) is 0 Å². The number of benzene rings is 2. The number of halogens is 2. The zero-order valence-corrected chi connectivity index (χ0v) is 16.8. The Labute approximate surface area is 176 Å². The van der Waals surface area contributed by atoms with Crippen LogP contribution in [0.4, 0.5) is 0 Å². The first-order valence-corrected chi connectivity index (χ1v) is 9.90. The van der Waals surface area contributed by atoms with Gasteiger partial charge in [-0.2, -0.15) is 10.5 Å². The molecule has 0 saturated carbocycles. The number of hydrogen-bond acceptors (Lipinski definition) is 5. The molecular weight excluding hydrogens is 413 g/mol. The van der Waals surface area contributed by atoms with E-state index in [1.165, 1.54) is 11.3 Å². The molecule has 0 aliphatic heterocycles. The van der Waals surface area contributed by atoms with E-state index in [2.05, 4.69) is 4.98 Å². The molecule has 1 heterocycles. The summed E-state index contributed by atoms with van der Waals surface area (Å²) in [6.45, 7) is 0. The van der Waals surface area contributed by atoms with Crippen molar-refractivity contribution in [3.8, 4) is 23.4 Å². The van der Waals surface area contributed by atoms with Gasteiger partial charge in [0.2, 0.25) is 0 Å². The van der Waals surface area contributed by atoms with Gasteiger partial charge in [0, 0.05) is 28.0 Å². The summed E-state index contributed by atoms with van der Waals surface area (Å²) in [5.41, 5.74) is 2.77. The lowest BCUT2D eigenvalue weighted by molar-refractivity contribution is 0.513. The first-order valence-electron chi connectivity index (χ1n) is 8.20. The molecule has 0 aliphatic carbocycles. The van der Waals surface area contributed by atoms with Crippen molar-refractivity contribution >= 4 is 45.9 Å². The van der Waals surface area contributed by atoms with Crippen LogP contribution in [0.1, 0.15) is 16.1 Å². The van der Waals surface area contributed by atoms with Gasteiger partial charge in [-0.3, -0.25) is 0 Å². The fourth-order valence-corrected chi connectivity index (χ4v) is 3.76. The highest BCUT2D eigenvalue weighted by atomic mass is 35.5. The predicted molar refractivity (Wildman–Crippen MR) is 113 cm³/mol. The van der Waals surface area contributed by atoms with E-state index in [9.17, 15) is 10.4 Å². The van der Waals surface area contributed by atoms with Gasteiger partial charge in [0.1, 0.15) is 27.8 Å². The van der Waals surface area contributed by atoms with Gasteiger partial charge in [-0.1, -0.05) is 48.0 Å². The second-order valence-electron chi connectivity index (χ2n) is 5.84. The molecular formula is C21H13Cl2N3OS. The number of allylic oxidation sites excluding steroid dienone is 1. The van der Waals surface area contributed by atoms with E-state index in [4.69, 9.17) is 28.5 Å². The summed E-state index contributed by atoms with van der Waals surface area (Å²) in [7, 11) is 0. The van der Waals surface area contributed by atoms with E-state index in [1.54, 1.807) is 36.4 Å². The highest BCUT2D eigenvalue weighted by Gasteiger charge is 2.18. The topological polar surface area (TPSA) is 80.7 Å². The summed E-state index contributed by atoms with van der Waals surface area (Å²) in [5.74, 6) is -0.183. The Kier molecular flexibility index (Phi) is 6.34. The highest BCUT2D eigenvalue weighted by molar-refractivity contribution is 7.11. The van der Waals surface area contributed by atoms with Crippen LogP contribution < -0.4 is 0 Å². The number of aromatic nitrogens is 1. The van der Waals surface area contributed by atoms with Gasteiger partial charge in [-0.15, -0.1) is 22.9 Å². The van der Waals surface area contributed by atoms with Crippen LogP contribution in [0.2, 0.25) is 5.02 Å². The molecule has 28 heavy (non-hydrogen) atoms. The van der Waals surface area contributed by atoms with Crippen molar-refractivity contribution in [2.24, 2.45) is 0 Å². The van der Waals surface area contributed by atoms with Crippen LogP contribution in [0, 0.1) is 22.7 Å². The Morgan fingerprint density at radius 1 is 1.14 bits per heavy atom. The van der Waals surface area contributed by atoms with Crippen molar-refractivity contribution in [2.45, 2.75) is 11.8 Å². The van der Waals surface area contributed by atoms with Gasteiger partial charge < -0.3 is 5.11 Å². The Bertz CT molecular complexity index is 1110. The van der Waals surface area contributed by atoms with E-state index in [1.807, 2.05) is 29.7 Å². The van der Waals surface area contributed by atoms with Gasteiger partial charge in [-0.05, 0) is 17.7 Å². The number of hydrogen-bond donors (Lipinski definition) is 1. The minimum Gasteiger partial charge on any atom is -0.506 e. The Balaban J connectivity index is 2.02. The smallest absolute Gasteiger partial charge is 0.143 e. The average molecular weight is 426 g/mol. The molecule has 3 aromatic rings. The normalized spacial score (nSPS) is 12.6. The number of aliphatic hydroxyl groups is 1. The Morgan fingerprint density at radius 3 is 2.54 bits per heavy atom. The van der Waals surface area contributed by atoms with E-state index in [0.717, 1.165) is 5.56 Å². The fraction of sp³-hybridized carbons (Fsp3) is 0.0952. The number of alkyl halides is 1. The summed E-state index contributed by atoms with van der Waals surface area (Å²) in [6, 6.07) is 18.2. The van der Waals surface area contributed by atoms with Crippen LogP contribution >= 0.6 is 34.5 Å². The third-order valence-electron chi connectivity index (χ3n) is 4.02. The van der Waals surface area contributed by atoms with Gasteiger partial charge in [0.25, 0.3) is 0 Å². The monoisotopic (exact) mass is 425 g/mol. The fourth-order valence-electron chi connectivity index (χ4n) is 2.65. The molecule has 0 bridgehead atoms. The number of nitrogens with zero attached hydrogens (tertiary/aromatic N) is 3. The molecule has 0 amide bonds. The quantitative estimate of drug-likeness (QED) is 0.304. The van der Waals surface area contributed by atoms with E-state index in [0.29, 0.717) is 26.9 Å². The maximum absolute atomic E-state index is 10.8. The van der Waals surface area contributed by atoms with Crippen LogP contribution in [-0.2, 0) is 6.42 Å². The molecule has 3 rings (SSSR count). The first kappa shape index (κ1) is 19.9. The molecule has 0 saturated heterocycles. The molecule has 1 atom stereocenters. The number of rotatable bonds is 5. The minimum absolute atomic E-state index is 0.0701. The molecule has 0 fully saturated rings. The first-order chi connectivity index (χ1) is 13.5. The molecule has 0 spiro atoms. The molecule has 4 nitrogen and oxygen atoms in total. The third-order valence-corrected chi connectivity index (χ3v) is 5.38. The minimum atomic E-state index is -0.726. The number of thiazole rings is 1. The standard InChI is InChI=1S/C21H13Cl2N3OS/c22-15-7-5-13(6-8-15)19-12-28-21(26-19)18(11-25)20(27)17-4-2-1-3-14(17)9-16(23)10-24/h1-8,12,16,27H,9H2/b20-18-. The Hall–Kier alpha value is -2.83. The molecule has 7 heteroatoms. The second kappa shape index (κ2) is 8.91. The zero-order chi connectivity index (χ0) is 20.1. The maximum atomic E-state index is 10.8. The molecule has 1 unspecified atom stereocenters. The lowest BCUT2D eigenvalue weighted by Gasteiger charge is -2.10. The van der Waals surface area contributed by atoms with Gasteiger partial charge >= 0.3 is 0 Å². The maximum Gasteiger partial charge on any atom is 0.143 e. The summed E-state index contributed by atoms with van der Waals surface area (Å²) < 4.78 is 0. The summed E-state index contributed by atoms with van der Waals surface area (Å²) in [6.07, 6.45) is 0.255. The van der Waals surface area contributed by atoms with Gasteiger partial charge in [-0.25, -0.2) is 4.98 Å². The molecule has 1 aromatic heterocycles. The van der Waals surface area contributed by atoms with E-state index in [-0.39, 0.29) is 17.8 Å². The number of aliphatic hydroxyl groups excluding tert-OH is 1. The second-order valence-corrected chi connectivity index (χ2v) is 7.66. The molecule has 138 valence electrons. The Morgan fingerprint density at radius 2 is 1.86 bits per heavy atom. The predicted octanol–water partition coefficient (Wildman–Crippen LogP) is 6.09. The summed E-state index contributed by atoms with van der Waals surface area (Å²) in [4.78, 5) is 4.49. The zero-order valence-electron chi connectivity index (χ0n) is 14.4. The van der Waals surface area contributed by atoms with Crippen LogP contribution in [-0.4, -0.2) is 15.5 Å². The van der Waals surface area contributed by atoms with E-state index >= 15 is 0 Å². The van der Waals surface area contributed by atoms with Gasteiger partial charge in [0.05, 0.1) is 11.8 Å². The van der Waals surface area contributed by atoms with Crippen molar-refractivity contribution in [1.82, 2.24) is 4.98 Å². The van der Waals surface area contributed by atoms with Crippen molar-refractivity contribution in [2.75, 3.05) is 0 Å². The van der Waals surface area contributed by atoms with Gasteiger partial charge in [0.15, 0.2) is 0 Å². The lowest BCUT2D eigenvalue weighted by Crippen LogP contribution is -2.03. The van der Waals surface area contributed by atoms with Crippen LogP contribution in [0.15, 0.2) is 53.9 Å².